The summed E-state index contributed by atoms with van der Waals surface area (Å²) in [6.45, 7) is 2.47. The maximum Gasteiger partial charge on any atom is 0.390 e. The Labute approximate surface area is 402 Å². The Morgan fingerprint density at radius 2 is 1.08 bits per heavy atom. The molecular formula is C49H40F10N8O5. The number of carboxylic acid groups (broad SMARTS) is 1. The first-order valence-electron chi connectivity index (χ1n) is 21.6. The molecule has 0 amide bonds. The second-order valence-electron chi connectivity index (χ2n) is 16.0. The van der Waals surface area contributed by atoms with Crippen LogP contribution in [0.15, 0.2) is 109 Å². The van der Waals surface area contributed by atoms with Gasteiger partial charge in [0.05, 0.1) is 53.6 Å². The number of alkyl halides is 8. The number of imidazole rings is 2. The molecule has 0 spiro atoms. The maximum absolute atomic E-state index is 13.6. The van der Waals surface area contributed by atoms with Crippen LogP contribution >= 0.6 is 0 Å². The Balaban J connectivity index is 0.000000213. The summed E-state index contributed by atoms with van der Waals surface area (Å²) in [4.78, 5) is 32.3. The molecule has 0 unspecified atom stereocenters. The van der Waals surface area contributed by atoms with E-state index in [1.165, 1.54) is 82.1 Å². The van der Waals surface area contributed by atoms with E-state index in [9.17, 15) is 58.6 Å². The maximum atomic E-state index is 13.6. The molecular weight excluding hydrogens is 971 g/mol. The van der Waals surface area contributed by atoms with Crippen molar-refractivity contribution in [3.05, 3.63) is 143 Å². The van der Waals surface area contributed by atoms with Crippen molar-refractivity contribution >= 4 is 34.4 Å². The highest BCUT2D eigenvalue weighted by atomic mass is 19.4. The van der Waals surface area contributed by atoms with Crippen LogP contribution in [0.2, 0.25) is 0 Å². The van der Waals surface area contributed by atoms with Gasteiger partial charge in [-0.25, -0.2) is 41.4 Å². The highest BCUT2D eigenvalue weighted by molar-refractivity contribution is 5.98. The number of benzene rings is 4. The first-order valence-corrected chi connectivity index (χ1v) is 21.6. The highest BCUT2D eigenvalue weighted by Gasteiger charge is 2.28. The minimum absolute atomic E-state index is 0.00858. The van der Waals surface area contributed by atoms with E-state index in [0.717, 1.165) is 12.1 Å². The molecule has 4 aromatic carbocycles. The Bertz CT molecular complexity index is 3250. The molecule has 0 aliphatic heterocycles. The number of aromatic nitrogens is 6. The van der Waals surface area contributed by atoms with Crippen LogP contribution in [0.5, 0.6) is 23.3 Å². The molecule has 72 heavy (non-hydrogen) atoms. The average molecular weight is 1010 g/mol. The zero-order valence-corrected chi connectivity index (χ0v) is 37.8. The highest BCUT2D eigenvalue weighted by Crippen LogP contribution is 2.33. The van der Waals surface area contributed by atoms with Crippen molar-refractivity contribution in [3.63, 3.8) is 0 Å². The number of nitrogens with zero attached hydrogens (tertiary/aromatic N) is 6. The Morgan fingerprint density at radius 1 is 0.639 bits per heavy atom. The topological polar surface area (TPSA) is 157 Å². The van der Waals surface area contributed by atoms with Crippen LogP contribution in [0.4, 0.5) is 55.3 Å². The number of Topliss-reactive ketones (excluding diaryl/α,β-unsaturated/α-hetero) is 1. The van der Waals surface area contributed by atoms with E-state index < -0.39 is 74.5 Å². The number of aromatic carboxylic acids is 1. The molecule has 0 bridgehead atoms. The van der Waals surface area contributed by atoms with Crippen LogP contribution in [-0.4, -0.2) is 77.9 Å². The monoisotopic (exact) mass is 1010 g/mol. The number of hydrogen-bond acceptors (Lipinski definition) is 10. The molecule has 376 valence electrons. The van der Waals surface area contributed by atoms with E-state index in [1.54, 1.807) is 38.1 Å². The summed E-state index contributed by atoms with van der Waals surface area (Å²) < 4.78 is 142. The van der Waals surface area contributed by atoms with Gasteiger partial charge in [-0.1, -0.05) is 30.3 Å². The number of ether oxygens (including phenoxy) is 2. The van der Waals surface area contributed by atoms with Crippen LogP contribution in [0.25, 0.3) is 33.8 Å². The van der Waals surface area contributed by atoms with Gasteiger partial charge in [-0.15, -0.1) is 10.2 Å². The molecule has 4 heterocycles. The van der Waals surface area contributed by atoms with E-state index in [2.05, 4.69) is 30.8 Å². The molecule has 13 nitrogen and oxygen atoms in total. The van der Waals surface area contributed by atoms with Gasteiger partial charge < -0.3 is 25.2 Å². The fourth-order valence-electron chi connectivity index (χ4n) is 7.20. The van der Waals surface area contributed by atoms with Crippen molar-refractivity contribution < 1.29 is 68.1 Å². The van der Waals surface area contributed by atoms with Gasteiger partial charge in [0, 0.05) is 66.9 Å². The van der Waals surface area contributed by atoms with Gasteiger partial charge in [0.15, 0.2) is 17.1 Å². The third-order valence-corrected chi connectivity index (χ3v) is 10.5. The normalized spacial score (nSPS) is 11.7. The first-order chi connectivity index (χ1) is 34.1. The lowest BCUT2D eigenvalue weighted by molar-refractivity contribution is -0.132. The van der Waals surface area contributed by atoms with Crippen molar-refractivity contribution in [2.45, 2.75) is 58.3 Å². The number of carbonyl (C=O) groups is 2. The van der Waals surface area contributed by atoms with E-state index in [4.69, 9.17) is 9.47 Å². The smallest absolute Gasteiger partial charge is 0.390 e. The number of hydrogen-bond donors (Lipinski definition) is 3. The predicted octanol–water partition coefficient (Wildman–Crippen LogP) is 12.9. The second kappa shape index (κ2) is 21.8. The van der Waals surface area contributed by atoms with Gasteiger partial charge in [0.2, 0.25) is 18.2 Å². The van der Waals surface area contributed by atoms with E-state index in [1.807, 2.05) is 0 Å². The number of carboxylic acids is 1. The number of ketones is 1. The van der Waals surface area contributed by atoms with Crippen LogP contribution in [0, 0.1) is 25.5 Å². The summed E-state index contributed by atoms with van der Waals surface area (Å²) in [6, 6.07) is 22.8. The van der Waals surface area contributed by atoms with Gasteiger partial charge in [0.25, 0.3) is 0 Å². The zero-order chi connectivity index (χ0) is 51.9. The summed E-state index contributed by atoms with van der Waals surface area (Å²) in [6.07, 6.45) is -11.3. The van der Waals surface area contributed by atoms with Gasteiger partial charge >= 0.3 is 18.3 Å². The van der Waals surface area contributed by atoms with Gasteiger partial charge in [-0.05, 0) is 67.4 Å². The lowest BCUT2D eigenvalue weighted by Gasteiger charge is -2.13. The molecule has 0 radical (unpaired) electrons. The van der Waals surface area contributed by atoms with Crippen LogP contribution in [0.1, 0.15) is 57.5 Å². The van der Waals surface area contributed by atoms with Gasteiger partial charge in [0.1, 0.15) is 23.1 Å². The van der Waals surface area contributed by atoms with Crippen LogP contribution in [0.3, 0.4) is 0 Å². The van der Waals surface area contributed by atoms with Crippen molar-refractivity contribution in [2.75, 3.05) is 23.7 Å². The quantitative estimate of drug-likeness (QED) is 0.0589. The van der Waals surface area contributed by atoms with Gasteiger partial charge in [-0.2, -0.15) is 26.3 Å². The summed E-state index contributed by atoms with van der Waals surface area (Å²) in [5.41, 5.74) is 4.43. The van der Waals surface area contributed by atoms with Crippen LogP contribution < -0.4 is 20.1 Å². The van der Waals surface area contributed by atoms with E-state index >= 15 is 0 Å². The number of nitrogens with one attached hydrogen (secondary N) is 2. The lowest BCUT2D eigenvalue weighted by Crippen LogP contribution is -2.15. The molecule has 0 atom stereocenters. The largest absolute Gasteiger partial charge is 0.478 e. The molecule has 8 aromatic rings. The second-order valence-corrected chi connectivity index (χ2v) is 16.0. The lowest BCUT2D eigenvalue weighted by atomic mass is 9.98. The fourth-order valence-corrected chi connectivity index (χ4v) is 7.20. The molecule has 0 saturated heterocycles. The third kappa shape index (κ3) is 13.3. The van der Waals surface area contributed by atoms with Crippen LogP contribution in [-0.2, 0) is 0 Å². The number of anilines is 2. The Morgan fingerprint density at radius 3 is 1.47 bits per heavy atom. The molecule has 0 aliphatic carbocycles. The number of halogens is 10. The zero-order valence-electron chi connectivity index (χ0n) is 37.8. The number of carbonyl (C=O) groups excluding carboxylic acids is 1. The summed E-state index contributed by atoms with van der Waals surface area (Å²) in [7, 11) is 0. The standard InChI is InChI=1S/C26H22F6N4O2.C23H18F4N4O3/c1-15-11-16(5-6-19(15)22(37)7-8-23(28)29)21-14-34-25-20(33-10-9-26(30,31)32)13-24(35-36(21)25)38-18-4-2-3-17(27)12-18;1-13-9-14(5-6-17(13)22(32)33)19-12-29-21-18(28-8-7-23(25,26)27)11-20(30-31(19)21)34-16-4-2-3-15(24)10-16/h2-6,11-14,23,33H,7-10H2,1H3;2-6,9-12,28H,7-8H2,1H3,(H,32,33). The van der Waals surface area contributed by atoms with Gasteiger partial charge in [-0.3, -0.25) is 4.79 Å². The number of aryl methyl sites for hydroxylation is 2. The SMILES string of the molecule is Cc1cc(-c2cnc3c(NCCC(F)(F)F)cc(Oc4cccc(F)c4)nn23)ccc1C(=O)CCC(F)F.Cc1cc(-c2cnc3c(NCCC(F)(F)F)cc(Oc4cccc(F)c4)nn23)ccc1C(=O)O. The minimum atomic E-state index is -4.37. The molecule has 8 rings (SSSR count). The molecule has 3 N–H and O–H groups in total. The average Bonchev–Trinajstić information content (AvgIpc) is 3.93. The number of rotatable bonds is 17. The first kappa shape index (κ1) is 51.6. The summed E-state index contributed by atoms with van der Waals surface area (Å²) >= 11 is 0. The number of fused-ring (bicyclic) bond motifs is 2. The molecule has 0 fully saturated rings. The third-order valence-electron chi connectivity index (χ3n) is 10.5. The summed E-state index contributed by atoms with van der Waals surface area (Å²) in [5.74, 6) is -2.32. The predicted molar refractivity (Wildman–Crippen MR) is 244 cm³/mol. The summed E-state index contributed by atoms with van der Waals surface area (Å²) in [5, 5.41) is 23.4. The molecule has 0 saturated carbocycles. The molecule has 0 aliphatic rings. The molecule has 23 heteroatoms. The van der Waals surface area contributed by atoms with Crippen molar-refractivity contribution in [1.29, 1.82) is 0 Å². The Kier molecular flexibility index (Phi) is 15.6. The minimum Gasteiger partial charge on any atom is -0.478 e. The van der Waals surface area contributed by atoms with Crippen molar-refractivity contribution in [2.24, 2.45) is 0 Å². The van der Waals surface area contributed by atoms with E-state index in [0.29, 0.717) is 39.2 Å². The van der Waals surface area contributed by atoms with E-state index in [-0.39, 0.29) is 57.9 Å². The van der Waals surface area contributed by atoms with Crippen molar-refractivity contribution in [3.8, 4) is 45.8 Å². The molecule has 4 aromatic heterocycles. The Hall–Kier alpha value is -8.24. The van der Waals surface area contributed by atoms with Crippen molar-refractivity contribution in [1.82, 2.24) is 29.2 Å². The fraction of sp³-hybridized carbons (Fsp3) is 0.224.